The number of nitrogens with one attached hydrogen (secondary N) is 1. The summed E-state index contributed by atoms with van der Waals surface area (Å²) in [6, 6.07) is 5.64. The van der Waals surface area contributed by atoms with E-state index >= 15 is 0 Å². The molecule has 2 saturated heterocycles. The van der Waals surface area contributed by atoms with E-state index in [-0.39, 0.29) is 5.41 Å². The van der Waals surface area contributed by atoms with Gasteiger partial charge >= 0.3 is 0 Å². The van der Waals surface area contributed by atoms with Gasteiger partial charge in [-0.25, -0.2) is 9.98 Å². The van der Waals surface area contributed by atoms with Gasteiger partial charge in [0.2, 0.25) is 0 Å². The number of methoxy groups -OCH3 is 1. The highest BCUT2D eigenvalue weighted by Crippen LogP contribution is 2.39. The lowest BCUT2D eigenvalue weighted by molar-refractivity contribution is 0.127. The summed E-state index contributed by atoms with van der Waals surface area (Å²) in [6.45, 7) is 9.98. The third kappa shape index (κ3) is 6.34. The van der Waals surface area contributed by atoms with Gasteiger partial charge in [-0.05, 0) is 56.8 Å². The third-order valence-electron chi connectivity index (χ3n) is 7.42. The number of nitrogens with two attached hydrogens (primary N) is 1. The number of nitrogens with zero attached hydrogens (tertiary/aromatic N) is 6. The summed E-state index contributed by atoms with van der Waals surface area (Å²) < 4.78 is 5.60. The number of allylic oxidation sites excluding steroid dienone is 4. The first kappa shape index (κ1) is 27.6. The molecule has 4 rings (SSSR count). The molecule has 0 aromatic carbocycles. The summed E-state index contributed by atoms with van der Waals surface area (Å²) in [5.41, 5.74) is 10.4. The normalized spacial score (nSPS) is 25.4. The average Bonchev–Trinajstić information content (AvgIpc) is 3.03. The summed E-state index contributed by atoms with van der Waals surface area (Å²) in [4.78, 5) is 20.8. The minimum absolute atomic E-state index is 0.298. The molecular formula is C29H42N8O. The maximum Gasteiger partial charge on any atom is 0.136 e. The molecule has 38 heavy (non-hydrogen) atoms. The van der Waals surface area contributed by atoms with Crippen molar-refractivity contribution in [3.8, 4) is 0 Å². The Labute approximate surface area is 227 Å². The van der Waals surface area contributed by atoms with Crippen LogP contribution in [0.2, 0.25) is 0 Å². The van der Waals surface area contributed by atoms with Crippen molar-refractivity contribution in [1.29, 1.82) is 0 Å². The standard InChI is InChI=1S/C29H42N8O/c1-22-10-11-23(12-13-25(22)36-15-7-14-35(4)16-17-36)33-21-32-18-24-28(31-3)37(19-29(24,2)20-38-5)27-9-6-8-26(30)34-27/h6,8-10,12-13,18,21H,7,11,14-17,19-20H2,1-5H3,(H2,30,34)(H,32,33)/b24-18+,31-28?/t29-/m0/s1. The first-order valence-electron chi connectivity index (χ1n) is 13.3. The molecule has 2 fully saturated rings. The van der Waals surface area contributed by atoms with Crippen LogP contribution < -0.4 is 16.0 Å². The molecule has 1 atom stereocenters. The van der Waals surface area contributed by atoms with Crippen LogP contribution in [0.15, 0.2) is 75.2 Å². The molecule has 2 aliphatic heterocycles. The van der Waals surface area contributed by atoms with E-state index in [1.807, 2.05) is 18.3 Å². The molecule has 204 valence electrons. The van der Waals surface area contributed by atoms with Crippen molar-refractivity contribution in [2.75, 3.05) is 71.2 Å². The number of pyridine rings is 1. The molecule has 1 aromatic heterocycles. The highest BCUT2D eigenvalue weighted by atomic mass is 16.5. The largest absolute Gasteiger partial charge is 0.384 e. The van der Waals surface area contributed by atoms with Gasteiger partial charge in [0.05, 0.1) is 12.9 Å². The fraction of sp³-hybridized carbons (Fsp3) is 0.483. The number of hydrogen-bond acceptors (Lipinski definition) is 7. The van der Waals surface area contributed by atoms with Crippen LogP contribution in [-0.4, -0.2) is 87.5 Å². The second-order valence-corrected chi connectivity index (χ2v) is 10.5. The second kappa shape index (κ2) is 12.4. The molecule has 1 aromatic rings. The zero-order chi connectivity index (χ0) is 27.1. The quantitative estimate of drug-likeness (QED) is 0.422. The smallest absolute Gasteiger partial charge is 0.136 e. The van der Waals surface area contributed by atoms with E-state index in [4.69, 9.17) is 10.5 Å². The van der Waals surface area contributed by atoms with E-state index in [1.165, 1.54) is 17.7 Å². The van der Waals surface area contributed by atoms with Gasteiger partial charge in [0.15, 0.2) is 0 Å². The molecule has 0 spiro atoms. The predicted molar refractivity (Wildman–Crippen MR) is 157 cm³/mol. The topological polar surface area (TPSA) is 94.6 Å². The Balaban J connectivity index is 1.50. The van der Waals surface area contributed by atoms with Crippen LogP contribution in [0.4, 0.5) is 11.6 Å². The van der Waals surface area contributed by atoms with Crippen molar-refractivity contribution in [1.82, 2.24) is 20.1 Å². The van der Waals surface area contributed by atoms with Crippen LogP contribution in [0, 0.1) is 5.41 Å². The van der Waals surface area contributed by atoms with Crippen molar-refractivity contribution in [3.05, 3.63) is 65.2 Å². The van der Waals surface area contributed by atoms with Gasteiger partial charge in [-0.2, -0.15) is 0 Å². The van der Waals surface area contributed by atoms with Crippen LogP contribution in [0.1, 0.15) is 26.7 Å². The van der Waals surface area contributed by atoms with Gasteiger partial charge < -0.3 is 30.5 Å². The molecule has 0 bridgehead atoms. The Morgan fingerprint density at radius 2 is 2.05 bits per heavy atom. The maximum atomic E-state index is 5.96. The van der Waals surface area contributed by atoms with E-state index in [9.17, 15) is 0 Å². The van der Waals surface area contributed by atoms with Crippen LogP contribution in [0.5, 0.6) is 0 Å². The molecule has 9 nitrogen and oxygen atoms in total. The number of nitrogen functional groups attached to an aromatic ring is 1. The molecule has 1 aliphatic carbocycles. The first-order chi connectivity index (χ1) is 18.3. The van der Waals surface area contributed by atoms with Crippen molar-refractivity contribution in [2.45, 2.75) is 26.7 Å². The lowest BCUT2D eigenvalue weighted by Gasteiger charge is -2.26. The summed E-state index contributed by atoms with van der Waals surface area (Å²) >= 11 is 0. The maximum absolute atomic E-state index is 5.96. The molecule has 3 N–H and O–H groups in total. The molecule has 3 aliphatic rings. The van der Waals surface area contributed by atoms with E-state index < -0.39 is 0 Å². The Bertz CT molecular complexity index is 1180. The number of ether oxygens (including phenoxy) is 1. The zero-order valence-electron chi connectivity index (χ0n) is 23.4. The van der Waals surface area contributed by atoms with Crippen molar-refractivity contribution in [3.63, 3.8) is 0 Å². The van der Waals surface area contributed by atoms with Crippen LogP contribution in [-0.2, 0) is 4.74 Å². The number of aliphatic imine (C=N–C) groups is 2. The lowest BCUT2D eigenvalue weighted by atomic mass is 9.86. The fourth-order valence-corrected chi connectivity index (χ4v) is 5.33. The zero-order valence-corrected chi connectivity index (χ0v) is 23.4. The number of aromatic nitrogens is 1. The number of rotatable bonds is 7. The average molecular weight is 519 g/mol. The number of hydrogen-bond donors (Lipinski definition) is 2. The highest BCUT2D eigenvalue weighted by Gasteiger charge is 2.44. The third-order valence-corrected chi connectivity index (χ3v) is 7.42. The number of amidine groups is 1. The van der Waals surface area contributed by atoms with Crippen molar-refractivity contribution in [2.24, 2.45) is 15.4 Å². The molecule has 0 unspecified atom stereocenters. The number of anilines is 2. The van der Waals surface area contributed by atoms with Crippen LogP contribution >= 0.6 is 0 Å². The van der Waals surface area contributed by atoms with Gasteiger partial charge in [-0.1, -0.05) is 19.1 Å². The summed E-state index contributed by atoms with van der Waals surface area (Å²) in [5.74, 6) is 2.07. The summed E-state index contributed by atoms with van der Waals surface area (Å²) in [5, 5.41) is 3.39. The van der Waals surface area contributed by atoms with Gasteiger partial charge in [0.25, 0.3) is 0 Å². The Morgan fingerprint density at radius 1 is 1.21 bits per heavy atom. The summed E-state index contributed by atoms with van der Waals surface area (Å²) in [7, 11) is 5.72. The minimum atomic E-state index is -0.298. The fourth-order valence-electron chi connectivity index (χ4n) is 5.33. The SMILES string of the molecule is CN=C1/C(=C\N=CNC2=CC=C(N3CCCN(C)CC3)C(C)=CC2)[C@](C)(COC)CN1c1cccc(N)n1. The van der Waals surface area contributed by atoms with Crippen LogP contribution in [0.25, 0.3) is 0 Å². The molecule has 0 saturated carbocycles. The van der Waals surface area contributed by atoms with Crippen molar-refractivity contribution < 1.29 is 4.74 Å². The Morgan fingerprint density at radius 3 is 2.82 bits per heavy atom. The predicted octanol–water partition coefficient (Wildman–Crippen LogP) is 3.42. The molecule has 0 radical (unpaired) electrons. The van der Waals surface area contributed by atoms with Gasteiger partial charge in [0, 0.05) is 75.3 Å². The van der Waals surface area contributed by atoms with Gasteiger partial charge in [-0.3, -0.25) is 4.99 Å². The van der Waals surface area contributed by atoms with Gasteiger partial charge in [0.1, 0.15) is 17.5 Å². The van der Waals surface area contributed by atoms with E-state index in [0.29, 0.717) is 19.0 Å². The Hall–Kier alpha value is -3.43. The van der Waals surface area contributed by atoms with E-state index in [2.05, 4.69) is 74.1 Å². The Kier molecular flexibility index (Phi) is 9.01. The molecular weight excluding hydrogens is 476 g/mol. The minimum Gasteiger partial charge on any atom is -0.384 e. The van der Waals surface area contributed by atoms with E-state index in [1.54, 1.807) is 26.6 Å². The number of likely N-dealkylation sites (N-methyl/N-ethyl adjacent to an activating group) is 1. The first-order valence-corrected chi connectivity index (χ1v) is 13.3. The molecule has 9 heteroatoms. The van der Waals surface area contributed by atoms with Crippen LogP contribution in [0.3, 0.4) is 0 Å². The molecule has 3 heterocycles. The monoisotopic (exact) mass is 518 g/mol. The molecule has 0 amide bonds. The van der Waals surface area contributed by atoms with Crippen molar-refractivity contribution >= 4 is 23.8 Å². The second-order valence-electron chi connectivity index (χ2n) is 10.5. The van der Waals surface area contributed by atoms with E-state index in [0.717, 1.165) is 55.5 Å². The summed E-state index contributed by atoms with van der Waals surface area (Å²) in [6.07, 6.45) is 12.4. The lowest BCUT2D eigenvalue weighted by Crippen LogP contribution is -2.30. The van der Waals surface area contributed by atoms with Gasteiger partial charge in [-0.15, -0.1) is 0 Å². The highest BCUT2D eigenvalue weighted by molar-refractivity contribution is 6.13.